The van der Waals surface area contributed by atoms with E-state index in [9.17, 15) is 9.36 Å². The van der Waals surface area contributed by atoms with Gasteiger partial charge in [-0.05, 0) is 34.6 Å². The molecule has 6 nitrogen and oxygen atoms in total. The van der Waals surface area contributed by atoms with Gasteiger partial charge < -0.3 is 13.8 Å². The second-order valence-corrected chi connectivity index (χ2v) is 6.46. The molecule has 0 radical (unpaired) electrons. The number of carbonyl (C=O) groups excluding carboxylic acids is 1. The van der Waals surface area contributed by atoms with E-state index in [0.29, 0.717) is 0 Å². The molecule has 0 saturated heterocycles. The number of rotatable bonds is 10. The number of esters is 1. The first-order chi connectivity index (χ1) is 9.32. The van der Waals surface area contributed by atoms with Crippen molar-refractivity contribution in [1.29, 1.82) is 0 Å². The summed E-state index contributed by atoms with van der Waals surface area (Å²) < 4.78 is 28.3. The molecule has 0 spiro atoms. The number of hydrogen-bond donors (Lipinski definition) is 1. The molecule has 0 aliphatic heterocycles. The SMILES string of the molecule is C=C(C(=O)OCC)C(NC(C)C)P(=O)(OCC)OCC. The highest BCUT2D eigenvalue weighted by Gasteiger charge is 2.40. The maximum atomic E-state index is 12.8. The highest BCUT2D eigenvalue weighted by Crippen LogP contribution is 2.54. The quantitative estimate of drug-likeness (QED) is 0.380. The summed E-state index contributed by atoms with van der Waals surface area (Å²) in [7, 11) is -3.53. The maximum absolute atomic E-state index is 12.8. The molecule has 0 aliphatic carbocycles. The molecule has 118 valence electrons. The van der Waals surface area contributed by atoms with Gasteiger partial charge in [0, 0.05) is 6.04 Å². The molecule has 0 amide bonds. The van der Waals surface area contributed by atoms with Gasteiger partial charge in [0.2, 0.25) is 0 Å². The molecule has 0 fully saturated rings. The van der Waals surface area contributed by atoms with Gasteiger partial charge in [-0.25, -0.2) is 4.79 Å². The largest absolute Gasteiger partial charge is 0.463 e. The molecular weight excluding hydrogens is 281 g/mol. The fourth-order valence-electron chi connectivity index (χ4n) is 1.58. The summed E-state index contributed by atoms with van der Waals surface area (Å²) in [5.74, 6) is -1.52. The van der Waals surface area contributed by atoms with Gasteiger partial charge in [-0.3, -0.25) is 9.88 Å². The van der Waals surface area contributed by atoms with Crippen molar-refractivity contribution in [3.8, 4) is 0 Å². The third-order valence-electron chi connectivity index (χ3n) is 2.29. The van der Waals surface area contributed by atoms with Crippen molar-refractivity contribution in [2.24, 2.45) is 0 Å². The van der Waals surface area contributed by atoms with Crippen LogP contribution >= 0.6 is 7.60 Å². The zero-order valence-electron chi connectivity index (χ0n) is 13.0. The van der Waals surface area contributed by atoms with E-state index in [2.05, 4.69) is 11.9 Å². The monoisotopic (exact) mass is 307 g/mol. The average Bonchev–Trinajstić information content (AvgIpc) is 2.35. The molecule has 1 unspecified atom stereocenters. The summed E-state index contributed by atoms with van der Waals surface area (Å²) in [5.41, 5.74) is 0.0470. The normalized spacial score (nSPS) is 13.3. The lowest BCUT2D eigenvalue weighted by Crippen LogP contribution is -2.39. The molecule has 0 rings (SSSR count). The minimum absolute atomic E-state index is 0.0274. The Balaban J connectivity index is 5.34. The number of hydrogen-bond acceptors (Lipinski definition) is 6. The number of nitrogens with one attached hydrogen (secondary N) is 1. The summed E-state index contributed by atoms with van der Waals surface area (Å²) in [6, 6.07) is -0.0274. The number of ether oxygens (including phenoxy) is 1. The van der Waals surface area contributed by atoms with Crippen LogP contribution in [0, 0.1) is 0 Å². The Morgan fingerprint density at radius 2 is 1.65 bits per heavy atom. The first kappa shape index (κ1) is 19.3. The van der Waals surface area contributed by atoms with Gasteiger partial charge in [0.15, 0.2) is 0 Å². The van der Waals surface area contributed by atoms with Crippen molar-refractivity contribution >= 4 is 13.6 Å². The summed E-state index contributed by atoms with van der Waals surface area (Å²) in [5, 5.41) is 3.02. The van der Waals surface area contributed by atoms with E-state index >= 15 is 0 Å². The third kappa shape index (κ3) is 5.75. The Bertz CT molecular complexity index is 360. The van der Waals surface area contributed by atoms with Gasteiger partial charge >= 0.3 is 13.6 Å². The second-order valence-electron chi connectivity index (χ2n) is 4.34. The van der Waals surface area contributed by atoms with Crippen LogP contribution in [0.5, 0.6) is 0 Å². The van der Waals surface area contributed by atoms with Gasteiger partial charge in [-0.1, -0.05) is 6.58 Å². The van der Waals surface area contributed by atoms with Gasteiger partial charge in [0.25, 0.3) is 0 Å². The average molecular weight is 307 g/mol. The van der Waals surface area contributed by atoms with Crippen LogP contribution in [0.25, 0.3) is 0 Å². The van der Waals surface area contributed by atoms with E-state index in [1.54, 1.807) is 20.8 Å². The topological polar surface area (TPSA) is 73.9 Å². The Morgan fingerprint density at radius 3 is 2.00 bits per heavy atom. The molecular formula is C13H26NO5P. The highest BCUT2D eigenvalue weighted by molar-refractivity contribution is 7.55. The van der Waals surface area contributed by atoms with Crippen molar-refractivity contribution < 1.29 is 23.1 Å². The first-order valence-corrected chi connectivity index (χ1v) is 8.44. The third-order valence-corrected chi connectivity index (χ3v) is 4.62. The molecule has 0 heterocycles. The highest BCUT2D eigenvalue weighted by atomic mass is 31.2. The lowest BCUT2D eigenvalue weighted by Gasteiger charge is -2.29. The first-order valence-electron chi connectivity index (χ1n) is 6.83. The van der Waals surface area contributed by atoms with E-state index in [1.165, 1.54) is 0 Å². The van der Waals surface area contributed by atoms with E-state index in [4.69, 9.17) is 13.8 Å². The summed E-state index contributed by atoms with van der Waals surface area (Å²) in [6.45, 7) is 13.2. The van der Waals surface area contributed by atoms with Crippen LogP contribution in [0.2, 0.25) is 0 Å². The fraction of sp³-hybridized carbons (Fsp3) is 0.769. The lowest BCUT2D eigenvalue weighted by atomic mass is 10.2. The summed E-state index contributed by atoms with van der Waals surface area (Å²) in [4.78, 5) is 11.8. The van der Waals surface area contributed by atoms with Gasteiger partial charge in [0.05, 0.1) is 25.4 Å². The van der Waals surface area contributed by atoms with Crippen molar-refractivity contribution in [2.75, 3.05) is 19.8 Å². The van der Waals surface area contributed by atoms with Crippen LogP contribution in [-0.4, -0.2) is 37.6 Å². The molecule has 0 saturated carbocycles. The van der Waals surface area contributed by atoms with Crippen molar-refractivity contribution in [2.45, 2.75) is 46.4 Å². The van der Waals surface area contributed by atoms with Crippen molar-refractivity contribution in [3.63, 3.8) is 0 Å². The van der Waals surface area contributed by atoms with Crippen molar-refractivity contribution in [3.05, 3.63) is 12.2 Å². The smallest absolute Gasteiger partial charge is 0.352 e. The second kappa shape index (κ2) is 9.29. The number of carbonyl (C=O) groups is 1. The molecule has 1 N–H and O–H groups in total. The van der Waals surface area contributed by atoms with Crippen LogP contribution in [0.4, 0.5) is 0 Å². The molecule has 0 aliphatic rings. The molecule has 0 aromatic rings. The minimum atomic E-state index is -3.53. The van der Waals surface area contributed by atoms with Gasteiger partial charge in [0.1, 0.15) is 5.78 Å². The van der Waals surface area contributed by atoms with E-state index in [0.717, 1.165) is 0 Å². The Labute approximate surface area is 121 Å². The minimum Gasteiger partial charge on any atom is -0.463 e. The zero-order valence-corrected chi connectivity index (χ0v) is 13.9. The molecule has 20 heavy (non-hydrogen) atoms. The van der Waals surface area contributed by atoms with Crippen LogP contribution < -0.4 is 5.32 Å². The molecule has 0 aromatic heterocycles. The fourth-order valence-corrected chi connectivity index (χ4v) is 3.64. The van der Waals surface area contributed by atoms with E-state index in [-0.39, 0.29) is 31.4 Å². The molecule has 0 aromatic carbocycles. The predicted octanol–water partition coefficient (Wildman–Crippen LogP) is 2.70. The predicted molar refractivity (Wildman–Crippen MR) is 78.7 cm³/mol. The van der Waals surface area contributed by atoms with E-state index in [1.807, 2.05) is 13.8 Å². The maximum Gasteiger partial charge on any atom is 0.352 e. The van der Waals surface area contributed by atoms with E-state index < -0.39 is 19.3 Å². The van der Waals surface area contributed by atoms with Gasteiger partial charge in [-0.2, -0.15) is 0 Å². The zero-order chi connectivity index (χ0) is 15.8. The van der Waals surface area contributed by atoms with Crippen LogP contribution in [-0.2, 0) is 23.1 Å². The Hall–Kier alpha value is -0.680. The molecule has 1 atom stereocenters. The molecule has 7 heteroatoms. The Morgan fingerprint density at radius 1 is 1.15 bits per heavy atom. The van der Waals surface area contributed by atoms with Crippen LogP contribution in [0.15, 0.2) is 12.2 Å². The Kier molecular flexibility index (Phi) is 8.98. The molecule has 0 bridgehead atoms. The lowest BCUT2D eigenvalue weighted by molar-refractivity contribution is -0.138. The van der Waals surface area contributed by atoms with Crippen LogP contribution in [0.3, 0.4) is 0 Å². The van der Waals surface area contributed by atoms with Gasteiger partial charge in [-0.15, -0.1) is 0 Å². The summed E-state index contributed by atoms with van der Waals surface area (Å²) >= 11 is 0. The van der Waals surface area contributed by atoms with Crippen molar-refractivity contribution in [1.82, 2.24) is 5.32 Å². The standard InChI is InChI=1S/C13H26NO5P/c1-7-17-13(15)11(6)12(14-10(4)5)20(16,18-8-2)19-9-3/h10,12,14H,6-9H2,1-5H3. The summed E-state index contributed by atoms with van der Waals surface area (Å²) in [6.07, 6.45) is 0. The van der Waals surface area contributed by atoms with Crippen LogP contribution in [0.1, 0.15) is 34.6 Å².